The van der Waals surface area contributed by atoms with Crippen molar-refractivity contribution in [3.8, 4) is 0 Å². The van der Waals surface area contributed by atoms with Gasteiger partial charge in [0.05, 0.1) is 5.56 Å². The first kappa shape index (κ1) is 16.3. The van der Waals surface area contributed by atoms with Crippen molar-refractivity contribution < 1.29 is 22.7 Å². The molecule has 1 aromatic carbocycles. The van der Waals surface area contributed by atoms with Crippen LogP contribution in [0.3, 0.4) is 0 Å². The molecule has 1 fully saturated rings. The molecule has 0 aromatic heterocycles. The molecule has 0 aliphatic carbocycles. The molecule has 0 N–H and O–H groups in total. The van der Waals surface area contributed by atoms with E-state index < -0.39 is 17.6 Å². The van der Waals surface area contributed by atoms with Crippen LogP contribution in [0.2, 0.25) is 0 Å². The lowest BCUT2D eigenvalue weighted by Gasteiger charge is -2.31. The molecule has 1 heterocycles. The van der Waals surface area contributed by atoms with Gasteiger partial charge in [-0.05, 0) is 31.0 Å². The van der Waals surface area contributed by atoms with Gasteiger partial charge in [0, 0.05) is 36.3 Å². The lowest BCUT2D eigenvalue weighted by molar-refractivity contribution is -0.138. The summed E-state index contributed by atoms with van der Waals surface area (Å²) in [4.78, 5) is 13.8. The van der Waals surface area contributed by atoms with E-state index in [0.717, 1.165) is 6.07 Å². The SMILES string of the molecule is CN(C(=O)c1ccc(Br)c(C(F)(F)F)c1)C1CCOCC1. The van der Waals surface area contributed by atoms with Crippen molar-refractivity contribution in [3.05, 3.63) is 33.8 Å². The molecule has 1 amide bonds. The molecule has 0 atom stereocenters. The number of benzene rings is 1. The largest absolute Gasteiger partial charge is 0.417 e. The van der Waals surface area contributed by atoms with Gasteiger partial charge < -0.3 is 9.64 Å². The van der Waals surface area contributed by atoms with Crippen LogP contribution in [0.1, 0.15) is 28.8 Å². The van der Waals surface area contributed by atoms with Crippen LogP contribution in [-0.2, 0) is 10.9 Å². The number of hydrogen-bond acceptors (Lipinski definition) is 2. The Labute approximate surface area is 129 Å². The average Bonchev–Trinajstić information content (AvgIpc) is 2.46. The summed E-state index contributed by atoms with van der Waals surface area (Å²) in [7, 11) is 1.62. The van der Waals surface area contributed by atoms with Gasteiger partial charge in [-0.15, -0.1) is 0 Å². The van der Waals surface area contributed by atoms with Crippen molar-refractivity contribution in [1.29, 1.82) is 0 Å². The standard InChI is InChI=1S/C14H15BrF3NO2/c1-19(10-4-6-21-7-5-10)13(20)9-2-3-12(15)11(8-9)14(16,17)18/h2-3,8,10H,4-7H2,1H3. The maximum Gasteiger partial charge on any atom is 0.417 e. The van der Waals surface area contributed by atoms with Crippen molar-refractivity contribution in [2.75, 3.05) is 20.3 Å². The molecule has 3 nitrogen and oxygen atoms in total. The molecule has 0 saturated carbocycles. The summed E-state index contributed by atoms with van der Waals surface area (Å²) in [5.41, 5.74) is -0.798. The second kappa shape index (κ2) is 6.36. The Morgan fingerprint density at radius 3 is 2.52 bits per heavy atom. The molecule has 1 aliphatic heterocycles. The smallest absolute Gasteiger partial charge is 0.381 e. The number of nitrogens with zero attached hydrogens (tertiary/aromatic N) is 1. The summed E-state index contributed by atoms with van der Waals surface area (Å²) >= 11 is 2.87. The lowest BCUT2D eigenvalue weighted by atomic mass is 10.0. The maximum absolute atomic E-state index is 12.9. The monoisotopic (exact) mass is 365 g/mol. The Morgan fingerprint density at radius 1 is 1.33 bits per heavy atom. The Hall–Kier alpha value is -1.08. The van der Waals surface area contributed by atoms with Gasteiger partial charge in [0.2, 0.25) is 0 Å². The zero-order valence-corrected chi connectivity index (χ0v) is 13.0. The number of carbonyl (C=O) groups is 1. The van der Waals surface area contributed by atoms with Gasteiger partial charge in [-0.25, -0.2) is 0 Å². The van der Waals surface area contributed by atoms with Crippen LogP contribution in [0, 0.1) is 0 Å². The summed E-state index contributed by atoms with van der Waals surface area (Å²) in [6, 6.07) is 3.55. The molecular formula is C14H15BrF3NO2. The van der Waals surface area contributed by atoms with Gasteiger partial charge in [0.1, 0.15) is 0 Å². The van der Waals surface area contributed by atoms with Crippen LogP contribution < -0.4 is 0 Å². The number of ether oxygens (including phenoxy) is 1. The third kappa shape index (κ3) is 3.77. The first-order valence-corrected chi connectivity index (χ1v) is 7.31. The highest BCUT2D eigenvalue weighted by Gasteiger charge is 2.34. The Morgan fingerprint density at radius 2 is 1.95 bits per heavy atom. The topological polar surface area (TPSA) is 29.5 Å². The highest BCUT2D eigenvalue weighted by molar-refractivity contribution is 9.10. The summed E-state index contributed by atoms with van der Waals surface area (Å²) < 4.78 is 43.8. The second-order valence-corrected chi connectivity index (χ2v) is 5.81. The molecule has 0 unspecified atom stereocenters. The van der Waals surface area contributed by atoms with Gasteiger partial charge in [-0.2, -0.15) is 13.2 Å². The molecule has 116 valence electrons. The molecule has 0 spiro atoms. The molecule has 1 aromatic rings. The fourth-order valence-electron chi connectivity index (χ4n) is 2.32. The summed E-state index contributed by atoms with van der Waals surface area (Å²) in [5, 5.41) is 0. The Balaban J connectivity index is 2.22. The molecule has 21 heavy (non-hydrogen) atoms. The third-order valence-corrected chi connectivity index (χ3v) is 4.27. The van der Waals surface area contributed by atoms with Crippen LogP contribution in [0.25, 0.3) is 0 Å². The highest BCUT2D eigenvalue weighted by atomic mass is 79.9. The summed E-state index contributed by atoms with van der Waals surface area (Å²) in [6.07, 6.45) is -3.10. The normalized spacial score (nSPS) is 16.8. The van der Waals surface area contributed by atoms with Crippen LogP contribution in [0.4, 0.5) is 13.2 Å². The van der Waals surface area contributed by atoms with Crippen molar-refractivity contribution >= 4 is 21.8 Å². The van der Waals surface area contributed by atoms with Crippen LogP contribution in [-0.4, -0.2) is 37.1 Å². The number of carbonyl (C=O) groups excluding carboxylic acids is 1. The zero-order chi connectivity index (χ0) is 15.6. The summed E-state index contributed by atoms with van der Waals surface area (Å²) in [5.74, 6) is -0.403. The van der Waals surface area contributed by atoms with Crippen LogP contribution >= 0.6 is 15.9 Å². The molecular weight excluding hydrogens is 351 g/mol. The van der Waals surface area contributed by atoms with E-state index >= 15 is 0 Å². The predicted molar refractivity (Wildman–Crippen MR) is 75.1 cm³/mol. The molecule has 0 radical (unpaired) electrons. The lowest BCUT2D eigenvalue weighted by Crippen LogP contribution is -2.40. The van der Waals surface area contributed by atoms with Gasteiger partial charge in [-0.1, -0.05) is 15.9 Å². The van der Waals surface area contributed by atoms with E-state index in [9.17, 15) is 18.0 Å². The van der Waals surface area contributed by atoms with Crippen molar-refractivity contribution in [3.63, 3.8) is 0 Å². The van der Waals surface area contributed by atoms with Gasteiger partial charge in [-0.3, -0.25) is 4.79 Å². The van der Waals surface area contributed by atoms with E-state index in [4.69, 9.17) is 4.74 Å². The van der Waals surface area contributed by atoms with E-state index in [1.165, 1.54) is 17.0 Å². The van der Waals surface area contributed by atoms with Crippen molar-refractivity contribution in [2.45, 2.75) is 25.1 Å². The first-order chi connectivity index (χ1) is 9.80. The predicted octanol–water partition coefficient (Wildman–Crippen LogP) is 3.72. The van der Waals surface area contributed by atoms with Crippen molar-refractivity contribution in [2.24, 2.45) is 0 Å². The molecule has 1 aliphatic rings. The highest BCUT2D eigenvalue weighted by Crippen LogP contribution is 2.35. The van der Waals surface area contributed by atoms with Gasteiger partial charge in [0.25, 0.3) is 5.91 Å². The average molecular weight is 366 g/mol. The first-order valence-electron chi connectivity index (χ1n) is 6.52. The minimum atomic E-state index is -4.49. The maximum atomic E-state index is 12.9. The van der Waals surface area contributed by atoms with E-state index in [-0.39, 0.29) is 16.1 Å². The van der Waals surface area contributed by atoms with E-state index in [1.807, 2.05) is 0 Å². The number of halogens is 4. The molecule has 7 heteroatoms. The summed E-state index contributed by atoms with van der Waals surface area (Å²) in [6.45, 7) is 1.13. The van der Waals surface area contributed by atoms with Gasteiger partial charge in [0.15, 0.2) is 0 Å². The van der Waals surface area contributed by atoms with Crippen molar-refractivity contribution in [1.82, 2.24) is 4.90 Å². The fraction of sp³-hybridized carbons (Fsp3) is 0.500. The van der Waals surface area contributed by atoms with Crippen LogP contribution in [0.15, 0.2) is 22.7 Å². The zero-order valence-electron chi connectivity index (χ0n) is 11.4. The Kier molecular flexibility index (Phi) is 4.93. The number of rotatable bonds is 2. The van der Waals surface area contributed by atoms with E-state index in [1.54, 1.807) is 7.05 Å². The van der Waals surface area contributed by atoms with E-state index in [0.29, 0.717) is 26.1 Å². The molecule has 0 bridgehead atoms. The number of alkyl halides is 3. The second-order valence-electron chi connectivity index (χ2n) is 4.95. The van der Waals surface area contributed by atoms with Gasteiger partial charge >= 0.3 is 6.18 Å². The Bertz CT molecular complexity index is 527. The molecule has 1 saturated heterocycles. The quantitative estimate of drug-likeness (QED) is 0.799. The van der Waals surface area contributed by atoms with E-state index in [2.05, 4.69) is 15.9 Å². The number of hydrogen-bond donors (Lipinski definition) is 0. The van der Waals surface area contributed by atoms with Crippen LogP contribution in [0.5, 0.6) is 0 Å². The third-order valence-electron chi connectivity index (χ3n) is 3.58. The minimum Gasteiger partial charge on any atom is -0.381 e. The number of amides is 1. The fourth-order valence-corrected chi connectivity index (χ4v) is 2.79. The minimum absolute atomic E-state index is 0.00392. The molecule has 2 rings (SSSR count).